The van der Waals surface area contributed by atoms with Crippen molar-refractivity contribution < 1.29 is 4.79 Å². The summed E-state index contributed by atoms with van der Waals surface area (Å²) >= 11 is 0. The van der Waals surface area contributed by atoms with Gasteiger partial charge in [-0.3, -0.25) is 9.36 Å². The largest absolute Gasteiger partial charge is 0.382 e. The van der Waals surface area contributed by atoms with Crippen molar-refractivity contribution in [3.63, 3.8) is 0 Å². The van der Waals surface area contributed by atoms with Crippen LogP contribution in [0.2, 0.25) is 0 Å². The van der Waals surface area contributed by atoms with Crippen LogP contribution < -0.4 is 27.2 Å². The number of carbonyl (C=O) groups excluding carboxylic acids is 1. The Morgan fingerprint density at radius 2 is 2.00 bits per heavy atom. The molecule has 11 nitrogen and oxygen atoms in total. The SMILES string of the molecule is CCNC(=O)Nc1cccc(-n2c(C(C)Nc3ncnc(N)c3C#N)nc3ccccc3c2=O)c1. The molecule has 0 saturated carbocycles. The van der Waals surface area contributed by atoms with Crippen molar-refractivity contribution >= 4 is 34.3 Å². The predicted molar refractivity (Wildman–Crippen MR) is 133 cm³/mol. The lowest BCUT2D eigenvalue weighted by Gasteiger charge is -2.21. The molecule has 2 heterocycles. The molecule has 0 bridgehead atoms. The molecule has 176 valence electrons. The molecular formula is C24H23N9O2. The summed E-state index contributed by atoms with van der Waals surface area (Å²) in [6.07, 6.45) is 1.25. The number of urea groups is 1. The van der Waals surface area contributed by atoms with Crippen LogP contribution in [0.3, 0.4) is 0 Å². The summed E-state index contributed by atoms with van der Waals surface area (Å²) in [6, 6.07) is 15.0. The Kier molecular flexibility index (Phi) is 6.55. The molecule has 2 amide bonds. The van der Waals surface area contributed by atoms with Gasteiger partial charge in [0.25, 0.3) is 5.56 Å². The Morgan fingerprint density at radius 1 is 1.20 bits per heavy atom. The van der Waals surface area contributed by atoms with Crippen molar-refractivity contribution in [1.82, 2.24) is 24.8 Å². The maximum atomic E-state index is 13.6. The summed E-state index contributed by atoms with van der Waals surface area (Å²) in [4.78, 5) is 38.4. The highest BCUT2D eigenvalue weighted by Crippen LogP contribution is 2.24. The molecule has 0 radical (unpaired) electrons. The topological polar surface area (TPSA) is 164 Å². The summed E-state index contributed by atoms with van der Waals surface area (Å²) in [5.41, 5.74) is 7.18. The highest BCUT2D eigenvalue weighted by Gasteiger charge is 2.20. The summed E-state index contributed by atoms with van der Waals surface area (Å²) in [5, 5.41) is 18.5. The zero-order chi connectivity index (χ0) is 24.9. The van der Waals surface area contributed by atoms with E-state index in [1.807, 2.05) is 13.0 Å². The van der Waals surface area contributed by atoms with Gasteiger partial charge >= 0.3 is 6.03 Å². The van der Waals surface area contributed by atoms with E-state index in [1.165, 1.54) is 10.9 Å². The second kappa shape index (κ2) is 9.88. The van der Waals surface area contributed by atoms with Gasteiger partial charge in [-0.25, -0.2) is 19.7 Å². The van der Waals surface area contributed by atoms with E-state index >= 15 is 0 Å². The number of nitriles is 1. The molecule has 0 aliphatic carbocycles. The number of rotatable bonds is 6. The number of fused-ring (bicyclic) bond motifs is 1. The van der Waals surface area contributed by atoms with Gasteiger partial charge in [0.05, 0.1) is 22.6 Å². The molecule has 0 aliphatic rings. The molecule has 1 atom stereocenters. The zero-order valence-electron chi connectivity index (χ0n) is 19.1. The van der Waals surface area contributed by atoms with E-state index in [-0.39, 0.29) is 28.8 Å². The second-order valence-corrected chi connectivity index (χ2v) is 7.62. The molecule has 1 unspecified atom stereocenters. The van der Waals surface area contributed by atoms with E-state index < -0.39 is 6.04 Å². The fourth-order valence-electron chi connectivity index (χ4n) is 3.64. The van der Waals surface area contributed by atoms with E-state index in [9.17, 15) is 14.9 Å². The minimum absolute atomic E-state index is 0.0465. The van der Waals surface area contributed by atoms with Gasteiger partial charge in [0, 0.05) is 12.2 Å². The number of benzene rings is 2. The number of nitrogens with zero attached hydrogens (tertiary/aromatic N) is 5. The van der Waals surface area contributed by atoms with Crippen molar-refractivity contribution in [2.75, 3.05) is 22.9 Å². The van der Waals surface area contributed by atoms with E-state index in [2.05, 4.69) is 25.9 Å². The molecule has 4 aromatic rings. The van der Waals surface area contributed by atoms with Crippen LogP contribution in [-0.4, -0.2) is 32.1 Å². The number of nitrogen functional groups attached to an aromatic ring is 1. The summed E-state index contributed by atoms with van der Waals surface area (Å²) < 4.78 is 1.47. The van der Waals surface area contributed by atoms with Gasteiger partial charge in [-0.05, 0) is 44.2 Å². The standard InChI is InChI=1S/C24H23N9O2/c1-3-27-24(35)31-15-7-6-8-16(11-15)33-22(32-19-10-5-4-9-17(19)23(33)34)14(2)30-21-18(12-25)20(26)28-13-29-21/h4-11,13-14H,3H2,1-2H3,(H2,27,31,35)(H3,26,28,29,30). The normalized spacial score (nSPS) is 11.5. The van der Waals surface area contributed by atoms with Crippen molar-refractivity contribution in [3.05, 3.63) is 76.6 Å². The molecule has 2 aromatic carbocycles. The number of nitrogens with two attached hydrogens (primary N) is 1. The molecule has 0 fully saturated rings. The van der Waals surface area contributed by atoms with E-state index in [0.29, 0.717) is 34.6 Å². The number of nitrogens with one attached hydrogen (secondary N) is 3. The lowest BCUT2D eigenvalue weighted by molar-refractivity contribution is 0.252. The zero-order valence-corrected chi connectivity index (χ0v) is 19.1. The highest BCUT2D eigenvalue weighted by atomic mass is 16.2. The quantitative estimate of drug-likeness (QED) is 0.335. The van der Waals surface area contributed by atoms with E-state index in [0.717, 1.165) is 0 Å². The van der Waals surface area contributed by atoms with Crippen LogP contribution in [0.4, 0.5) is 22.1 Å². The first-order valence-electron chi connectivity index (χ1n) is 10.9. The van der Waals surface area contributed by atoms with Crippen LogP contribution >= 0.6 is 0 Å². The molecule has 2 aromatic heterocycles. The van der Waals surface area contributed by atoms with Crippen LogP contribution in [0.25, 0.3) is 16.6 Å². The van der Waals surface area contributed by atoms with Gasteiger partial charge < -0.3 is 21.7 Å². The molecule has 4 rings (SSSR count). The van der Waals surface area contributed by atoms with Crippen LogP contribution in [0.5, 0.6) is 0 Å². The smallest absolute Gasteiger partial charge is 0.319 e. The van der Waals surface area contributed by atoms with Crippen molar-refractivity contribution in [1.29, 1.82) is 5.26 Å². The predicted octanol–water partition coefficient (Wildman–Crippen LogP) is 2.94. The van der Waals surface area contributed by atoms with Crippen molar-refractivity contribution in [2.45, 2.75) is 19.9 Å². The van der Waals surface area contributed by atoms with Crippen LogP contribution in [0, 0.1) is 11.3 Å². The van der Waals surface area contributed by atoms with Gasteiger partial charge in [-0.2, -0.15) is 5.26 Å². The number of hydrogen-bond donors (Lipinski definition) is 4. The van der Waals surface area contributed by atoms with Gasteiger partial charge in [0.1, 0.15) is 35.4 Å². The van der Waals surface area contributed by atoms with Crippen LogP contribution in [-0.2, 0) is 0 Å². The molecule has 0 saturated heterocycles. The lowest BCUT2D eigenvalue weighted by Crippen LogP contribution is -2.29. The molecular weight excluding hydrogens is 446 g/mol. The fraction of sp³-hybridized carbons (Fsp3) is 0.167. The molecule has 35 heavy (non-hydrogen) atoms. The maximum Gasteiger partial charge on any atom is 0.319 e. The Morgan fingerprint density at radius 3 is 2.77 bits per heavy atom. The van der Waals surface area contributed by atoms with Crippen LogP contribution in [0.1, 0.15) is 31.3 Å². The maximum absolute atomic E-state index is 13.6. The number of amides is 2. The van der Waals surface area contributed by atoms with Gasteiger partial charge in [0.2, 0.25) is 0 Å². The minimum Gasteiger partial charge on any atom is -0.382 e. The second-order valence-electron chi connectivity index (χ2n) is 7.62. The fourth-order valence-corrected chi connectivity index (χ4v) is 3.64. The molecule has 11 heteroatoms. The summed E-state index contributed by atoms with van der Waals surface area (Å²) in [7, 11) is 0. The summed E-state index contributed by atoms with van der Waals surface area (Å²) in [5.74, 6) is 0.656. The third-order valence-electron chi connectivity index (χ3n) is 5.23. The van der Waals surface area contributed by atoms with E-state index in [1.54, 1.807) is 55.5 Å². The lowest BCUT2D eigenvalue weighted by atomic mass is 10.2. The Balaban J connectivity index is 1.85. The van der Waals surface area contributed by atoms with Crippen LogP contribution in [0.15, 0.2) is 59.7 Å². The first-order chi connectivity index (χ1) is 16.9. The molecule has 5 N–H and O–H groups in total. The Labute approximate surface area is 200 Å². The van der Waals surface area contributed by atoms with Gasteiger partial charge in [-0.1, -0.05) is 18.2 Å². The monoisotopic (exact) mass is 469 g/mol. The third-order valence-corrected chi connectivity index (χ3v) is 5.23. The molecule has 0 aliphatic heterocycles. The molecule has 0 spiro atoms. The number of para-hydroxylation sites is 1. The highest BCUT2D eigenvalue weighted by molar-refractivity contribution is 5.89. The van der Waals surface area contributed by atoms with E-state index in [4.69, 9.17) is 10.7 Å². The number of aromatic nitrogens is 4. The average Bonchev–Trinajstić information content (AvgIpc) is 2.84. The van der Waals surface area contributed by atoms with Crippen molar-refractivity contribution in [2.24, 2.45) is 0 Å². The van der Waals surface area contributed by atoms with Gasteiger partial charge in [0.15, 0.2) is 0 Å². The third kappa shape index (κ3) is 4.72. The first kappa shape index (κ1) is 23.2. The average molecular weight is 470 g/mol. The van der Waals surface area contributed by atoms with Gasteiger partial charge in [-0.15, -0.1) is 0 Å². The first-order valence-corrected chi connectivity index (χ1v) is 10.9. The Hall–Kier alpha value is -4.98. The van der Waals surface area contributed by atoms with Crippen molar-refractivity contribution in [3.8, 4) is 11.8 Å². The number of anilines is 3. The summed E-state index contributed by atoms with van der Waals surface area (Å²) in [6.45, 7) is 4.09. The minimum atomic E-state index is -0.561. The Bertz CT molecular complexity index is 1510. The number of carbonyl (C=O) groups is 1. The number of hydrogen-bond acceptors (Lipinski definition) is 8.